The number of nitro benzene ring substituents is 1. The van der Waals surface area contributed by atoms with Gasteiger partial charge in [0.1, 0.15) is 16.4 Å². The van der Waals surface area contributed by atoms with E-state index in [2.05, 4.69) is 15.3 Å². The van der Waals surface area contributed by atoms with Crippen molar-refractivity contribution < 1.29 is 19.2 Å². The van der Waals surface area contributed by atoms with Crippen LogP contribution < -0.4 is 10.1 Å². The third kappa shape index (κ3) is 7.51. The second kappa shape index (κ2) is 11.6. The first-order valence-corrected chi connectivity index (χ1v) is 11.9. The van der Waals surface area contributed by atoms with Crippen molar-refractivity contribution in [2.75, 3.05) is 18.5 Å². The summed E-state index contributed by atoms with van der Waals surface area (Å²) in [7, 11) is 0. The van der Waals surface area contributed by atoms with E-state index in [1.54, 1.807) is 29.8 Å². The summed E-state index contributed by atoms with van der Waals surface area (Å²) in [5.74, 6) is 0.583. The van der Waals surface area contributed by atoms with Gasteiger partial charge in [-0.15, -0.1) is 11.3 Å². The highest BCUT2D eigenvalue weighted by Crippen LogP contribution is 2.27. The first-order chi connectivity index (χ1) is 16.2. The maximum atomic E-state index is 12.2. The van der Waals surface area contributed by atoms with Crippen LogP contribution in [0.3, 0.4) is 0 Å². The summed E-state index contributed by atoms with van der Waals surface area (Å²) in [6.45, 7) is 6.61. The Bertz CT molecular complexity index is 1130. The number of para-hydroxylation sites is 2. The average molecular weight is 485 g/mol. The molecule has 0 saturated heterocycles. The Morgan fingerprint density at radius 1 is 1.18 bits per heavy atom. The quantitative estimate of drug-likeness (QED) is 0.159. The molecule has 0 aliphatic rings. The Kier molecular flexibility index (Phi) is 8.53. The molecule has 0 bridgehead atoms. The van der Waals surface area contributed by atoms with Crippen molar-refractivity contribution in [1.82, 2.24) is 9.97 Å². The summed E-state index contributed by atoms with van der Waals surface area (Å²) in [5.41, 5.74) is 0.577. The Balaban J connectivity index is 1.42. The lowest BCUT2D eigenvalue weighted by atomic mass is 10.2. The van der Waals surface area contributed by atoms with Crippen LogP contribution >= 0.6 is 11.3 Å². The monoisotopic (exact) mass is 484 g/mol. The Morgan fingerprint density at radius 3 is 2.74 bits per heavy atom. The molecule has 0 aliphatic carbocycles. The molecule has 0 aliphatic heterocycles. The summed E-state index contributed by atoms with van der Waals surface area (Å²) in [6.07, 6.45) is 4.28. The molecular weight excluding hydrogens is 456 g/mol. The molecule has 0 radical (unpaired) electrons. The van der Waals surface area contributed by atoms with Gasteiger partial charge in [0.2, 0.25) is 0 Å². The van der Waals surface area contributed by atoms with E-state index in [1.165, 1.54) is 17.4 Å². The molecule has 3 aromatic rings. The highest BCUT2D eigenvalue weighted by atomic mass is 32.1. The number of benzene rings is 1. The number of unbranched alkanes of at least 4 members (excludes halogenated alkanes) is 2. The molecule has 0 unspecified atom stereocenters. The SMILES string of the molecule is CC(C)(C)OC(=O)c1csc(-c2ccnc(NCCCCCOc3ccccc3[N+](=O)[O-])c2)n1. The number of rotatable bonds is 11. The van der Waals surface area contributed by atoms with Gasteiger partial charge in [0.25, 0.3) is 0 Å². The number of nitrogens with one attached hydrogen (secondary N) is 1. The molecule has 0 spiro atoms. The number of thiazole rings is 1. The van der Waals surface area contributed by atoms with Gasteiger partial charge in [-0.05, 0) is 58.2 Å². The molecule has 0 atom stereocenters. The zero-order chi connectivity index (χ0) is 24.6. The van der Waals surface area contributed by atoms with Gasteiger partial charge in [0, 0.05) is 29.8 Å². The lowest BCUT2D eigenvalue weighted by Gasteiger charge is -2.18. The smallest absolute Gasteiger partial charge is 0.358 e. The summed E-state index contributed by atoms with van der Waals surface area (Å²) in [4.78, 5) is 31.5. The summed E-state index contributed by atoms with van der Waals surface area (Å²) >= 11 is 1.38. The molecule has 0 amide bonds. The van der Waals surface area contributed by atoms with Gasteiger partial charge < -0.3 is 14.8 Å². The van der Waals surface area contributed by atoms with Gasteiger partial charge in [0.15, 0.2) is 11.4 Å². The molecule has 0 saturated carbocycles. The molecule has 0 fully saturated rings. The number of aromatic nitrogens is 2. The first kappa shape index (κ1) is 25.1. The molecule has 1 N–H and O–H groups in total. The zero-order valence-electron chi connectivity index (χ0n) is 19.4. The Morgan fingerprint density at radius 2 is 1.97 bits per heavy atom. The Hall–Kier alpha value is -3.53. The molecule has 2 aromatic heterocycles. The van der Waals surface area contributed by atoms with Gasteiger partial charge in [-0.1, -0.05) is 12.1 Å². The highest BCUT2D eigenvalue weighted by Gasteiger charge is 2.20. The van der Waals surface area contributed by atoms with Gasteiger partial charge >= 0.3 is 11.7 Å². The lowest BCUT2D eigenvalue weighted by molar-refractivity contribution is -0.385. The van der Waals surface area contributed by atoms with E-state index in [4.69, 9.17) is 9.47 Å². The number of nitro groups is 1. The van der Waals surface area contributed by atoms with Gasteiger partial charge in [-0.2, -0.15) is 0 Å². The van der Waals surface area contributed by atoms with Crippen LogP contribution in [0.2, 0.25) is 0 Å². The number of pyridine rings is 1. The number of hydrogen-bond donors (Lipinski definition) is 1. The molecule has 9 nitrogen and oxygen atoms in total. The average Bonchev–Trinajstić information content (AvgIpc) is 3.28. The minimum Gasteiger partial charge on any atom is -0.487 e. The number of hydrogen-bond acceptors (Lipinski definition) is 9. The van der Waals surface area contributed by atoms with Crippen LogP contribution in [0.4, 0.5) is 11.5 Å². The fourth-order valence-corrected chi connectivity index (χ4v) is 3.81. The number of carbonyl (C=O) groups excluding carboxylic acids is 1. The predicted octanol–water partition coefficient (Wildman–Crippen LogP) is 5.73. The standard InChI is InChI=1S/C24H28N4O5S/c1-24(2,3)33-23(29)18-16-34-22(27-18)17-11-13-26-21(15-17)25-12-7-4-8-14-32-20-10-6-5-9-19(20)28(30)31/h5-6,9-11,13,15-16H,4,7-8,12,14H2,1-3H3,(H,25,26). The van der Waals surface area contributed by atoms with Crippen molar-refractivity contribution in [1.29, 1.82) is 0 Å². The maximum Gasteiger partial charge on any atom is 0.358 e. The van der Waals surface area contributed by atoms with Crippen molar-refractivity contribution in [3.8, 4) is 16.3 Å². The van der Waals surface area contributed by atoms with Crippen LogP contribution in [0.15, 0.2) is 48.0 Å². The zero-order valence-corrected chi connectivity index (χ0v) is 20.3. The normalized spacial score (nSPS) is 11.1. The third-order valence-corrected chi connectivity index (χ3v) is 5.46. The van der Waals surface area contributed by atoms with Gasteiger partial charge in [-0.3, -0.25) is 10.1 Å². The van der Waals surface area contributed by atoms with Crippen molar-refractivity contribution in [2.24, 2.45) is 0 Å². The summed E-state index contributed by atoms with van der Waals surface area (Å²) in [6, 6.07) is 10.1. The third-order valence-electron chi connectivity index (χ3n) is 4.57. The minimum atomic E-state index is -0.569. The predicted molar refractivity (Wildman–Crippen MR) is 131 cm³/mol. The van der Waals surface area contributed by atoms with Crippen molar-refractivity contribution in [3.63, 3.8) is 0 Å². The molecular formula is C24H28N4O5S. The second-order valence-corrected chi connectivity index (χ2v) is 9.39. The number of anilines is 1. The van der Waals surface area contributed by atoms with E-state index in [0.29, 0.717) is 18.1 Å². The topological polar surface area (TPSA) is 116 Å². The van der Waals surface area contributed by atoms with Gasteiger partial charge in [0.05, 0.1) is 11.5 Å². The molecule has 1 aromatic carbocycles. The van der Waals surface area contributed by atoms with E-state index in [9.17, 15) is 14.9 Å². The molecule has 10 heteroatoms. The van der Waals surface area contributed by atoms with Crippen molar-refractivity contribution in [3.05, 3.63) is 63.8 Å². The van der Waals surface area contributed by atoms with Crippen LogP contribution in [0.25, 0.3) is 10.6 Å². The first-order valence-electron chi connectivity index (χ1n) is 11.0. The highest BCUT2D eigenvalue weighted by molar-refractivity contribution is 7.13. The van der Waals surface area contributed by atoms with E-state index in [0.717, 1.165) is 42.2 Å². The van der Waals surface area contributed by atoms with Crippen LogP contribution in [-0.2, 0) is 4.74 Å². The van der Waals surface area contributed by atoms with E-state index < -0.39 is 16.5 Å². The fourth-order valence-electron chi connectivity index (χ4n) is 3.02. The van der Waals surface area contributed by atoms with E-state index >= 15 is 0 Å². The van der Waals surface area contributed by atoms with Crippen molar-refractivity contribution >= 4 is 28.8 Å². The van der Waals surface area contributed by atoms with E-state index in [-0.39, 0.29) is 5.69 Å². The molecule has 180 valence electrons. The van der Waals surface area contributed by atoms with Crippen LogP contribution in [-0.4, -0.2) is 39.6 Å². The summed E-state index contributed by atoms with van der Waals surface area (Å²) < 4.78 is 10.9. The minimum absolute atomic E-state index is 0.0198. The number of ether oxygens (including phenoxy) is 2. The molecule has 3 rings (SSSR count). The summed E-state index contributed by atoms with van der Waals surface area (Å²) in [5, 5.41) is 16.7. The number of esters is 1. The second-order valence-electron chi connectivity index (χ2n) is 8.53. The molecule has 34 heavy (non-hydrogen) atoms. The van der Waals surface area contributed by atoms with Crippen molar-refractivity contribution in [2.45, 2.75) is 45.6 Å². The van der Waals surface area contributed by atoms with Crippen LogP contribution in [0, 0.1) is 10.1 Å². The largest absolute Gasteiger partial charge is 0.487 e. The van der Waals surface area contributed by atoms with E-state index in [1.807, 2.05) is 32.9 Å². The molecule has 2 heterocycles. The number of nitrogens with zero attached hydrogens (tertiary/aromatic N) is 3. The van der Waals surface area contributed by atoms with Gasteiger partial charge in [-0.25, -0.2) is 14.8 Å². The maximum absolute atomic E-state index is 12.2. The van der Waals surface area contributed by atoms with Crippen LogP contribution in [0.5, 0.6) is 5.75 Å². The Labute approximate surface area is 202 Å². The van der Waals surface area contributed by atoms with Crippen LogP contribution in [0.1, 0.15) is 50.5 Å². The fraction of sp³-hybridized carbons (Fsp3) is 0.375. The lowest BCUT2D eigenvalue weighted by Crippen LogP contribution is -2.24. The number of carbonyl (C=O) groups is 1.